The van der Waals surface area contributed by atoms with Crippen molar-refractivity contribution in [2.75, 3.05) is 13.2 Å². The third-order valence-corrected chi connectivity index (χ3v) is 11.7. The number of hydrogen-bond acceptors (Lipinski definition) is 4. The Labute approximate surface area is 338 Å². The van der Waals surface area contributed by atoms with Gasteiger partial charge in [-0.05, 0) is 120 Å². The Kier molecular flexibility index (Phi) is 16.9. The van der Waals surface area contributed by atoms with Gasteiger partial charge in [0.15, 0.2) is 0 Å². The fourth-order valence-electron chi connectivity index (χ4n) is 8.45. The van der Waals surface area contributed by atoms with Gasteiger partial charge in [0.05, 0.1) is 24.8 Å². The van der Waals surface area contributed by atoms with Crippen LogP contribution in [0.5, 0.6) is 5.75 Å². The quantitative estimate of drug-likeness (QED) is 0.0384. The normalized spacial score (nSPS) is 12.5. The van der Waals surface area contributed by atoms with Gasteiger partial charge in [0.25, 0.3) is 0 Å². The van der Waals surface area contributed by atoms with Crippen molar-refractivity contribution in [2.24, 2.45) is 0 Å². The highest BCUT2D eigenvalue weighted by molar-refractivity contribution is 5.87. The van der Waals surface area contributed by atoms with E-state index in [1.165, 1.54) is 110 Å². The molecule has 5 rings (SSSR count). The van der Waals surface area contributed by atoms with E-state index in [-0.39, 0.29) is 11.4 Å². The lowest BCUT2D eigenvalue weighted by atomic mass is 9.70. The Morgan fingerprint density at radius 2 is 1.05 bits per heavy atom. The molecule has 0 aliphatic heterocycles. The lowest BCUT2D eigenvalue weighted by Gasteiger charge is -2.33. The van der Waals surface area contributed by atoms with Crippen molar-refractivity contribution >= 4 is 5.97 Å². The van der Waals surface area contributed by atoms with E-state index in [1.54, 1.807) is 6.92 Å². The minimum atomic E-state index is -0.304. The summed E-state index contributed by atoms with van der Waals surface area (Å²) in [6.07, 6.45) is 21.7. The highest BCUT2D eigenvalue weighted by atomic mass is 16.5. The smallest absolute Gasteiger partial charge is 0.333 e. The third-order valence-electron chi connectivity index (χ3n) is 11.7. The van der Waals surface area contributed by atoms with E-state index in [0.717, 1.165) is 55.4 Å². The van der Waals surface area contributed by atoms with Gasteiger partial charge in [0.1, 0.15) is 5.75 Å². The molecule has 1 aliphatic rings. The summed E-state index contributed by atoms with van der Waals surface area (Å²) in [5, 5.41) is 9.25. The summed E-state index contributed by atoms with van der Waals surface area (Å²) >= 11 is 0. The first-order chi connectivity index (χ1) is 27.4. The van der Waals surface area contributed by atoms with Gasteiger partial charge in [0, 0.05) is 11.0 Å². The van der Waals surface area contributed by atoms with Gasteiger partial charge in [-0.15, -0.1) is 0 Å². The number of rotatable bonds is 25. The van der Waals surface area contributed by atoms with Crippen molar-refractivity contribution in [1.29, 1.82) is 5.26 Å². The minimum absolute atomic E-state index is 0.0424. The number of nitriles is 1. The van der Waals surface area contributed by atoms with E-state index in [1.807, 2.05) is 24.3 Å². The predicted octanol–water partition coefficient (Wildman–Crippen LogP) is 14.7. The Morgan fingerprint density at radius 3 is 1.62 bits per heavy atom. The second-order valence-electron chi connectivity index (χ2n) is 16.0. The number of esters is 1. The molecule has 0 fully saturated rings. The second kappa shape index (κ2) is 22.2. The van der Waals surface area contributed by atoms with Crippen LogP contribution in [0.4, 0.5) is 0 Å². The van der Waals surface area contributed by atoms with Crippen molar-refractivity contribution in [3.63, 3.8) is 0 Å². The molecule has 0 saturated carbocycles. The number of hydrogen-bond donors (Lipinski definition) is 0. The van der Waals surface area contributed by atoms with Crippen molar-refractivity contribution in [3.8, 4) is 45.2 Å². The summed E-state index contributed by atoms with van der Waals surface area (Å²) in [5.41, 5.74) is 11.6. The zero-order valence-corrected chi connectivity index (χ0v) is 34.6. The summed E-state index contributed by atoms with van der Waals surface area (Å²) in [5.74, 6) is 0.669. The maximum absolute atomic E-state index is 11.7. The van der Waals surface area contributed by atoms with Gasteiger partial charge < -0.3 is 9.47 Å². The van der Waals surface area contributed by atoms with Crippen LogP contribution in [0.1, 0.15) is 153 Å². The standard InChI is InChI=1S/C52H65NO3/c1-5-7-9-11-13-17-33-52(34-18-14-12-10-8-6-2)49-37-45(44-27-25-43(26-28-44)42-23-21-41(39-53)22-24-42)29-31-47(49)48-32-30-46(38-50(48)52)55-35-19-15-16-20-36-56-51(54)40(3)4/h21-32,37-38H,3,5-20,33-36H2,1-2,4H3. The van der Waals surface area contributed by atoms with Crippen LogP contribution in [0, 0.1) is 11.3 Å². The molecule has 4 nitrogen and oxygen atoms in total. The van der Waals surface area contributed by atoms with Gasteiger partial charge in [-0.2, -0.15) is 5.26 Å². The summed E-state index contributed by atoms with van der Waals surface area (Å²) in [6, 6.07) is 33.1. The SMILES string of the molecule is C=C(C)C(=O)OCCCCCCOc1ccc2c(c1)C(CCCCCCCC)(CCCCCCCC)c1cc(-c3ccc(-c4ccc(C#N)cc4)cc3)ccc1-2. The highest BCUT2D eigenvalue weighted by Crippen LogP contribution is 2.56. The minimum Gasteiger partial charge on any atom is -0.494 e. The van der Waals surface area contributed by atoms with Gasteiger partial charge in [-0.1, -0.05) is 152 Å². The molecule has 0 spiro atoms. The summed E-state index contributed by atoms with van der Waals surface area (Å²) in [6.45, 7) is 11.1. The van der Waals surface area contributed by atoms with E-state index in [0.29, 0.717) is 24.4 Å². The molecule has 0 unspecified atom stereocenters. The number of ether oxygens (including phenoxy) is 2. The van der Waals surface area contributed by atoms with Gasteiger partial charge in [-0.3, -0.25) is 0 Å². The molecule has 4 heteroatoms. The molecular weight excluding hydrogens is 687 g/mol. The molecule has 4 aromatic carbocycles. The Hall–Kier alpha value is -4.62. The van der Waals surface area contributed by atoms with E-state index >= 15 is 0 Å². The fraction of sp³-hybridized carbons (Fsp3) is 0.462. The van der Waals surface area contributed by atoms with Crippen LogP contribution in [-0.4, -0.2) is 19.2 Å². The first-order valence-electron chi connectivity index (χ1n) is 21.8. The van der Waals surface area contributed by atoms with Gasteiger partial charge >= 0.3 is 5.97 Å². The number of unbranched alkanes of at least 4 members (excludes halogenated alkanes) is 13. The molecule has 0 N–H and O–H groups in total. The zero-order valence-electron chi connectivity index (χ0n) is 34.6. The molecule has 0 bridgehead atoms. The van der Waals surface area contributed by atoms with Crippen molar-refractivity contribution in [2.45, 2.75) is 142 Å². The fourth-order valence-corrected chi connectivity index (χ4v) is 8.45. The lowest BCUT2D eigenvalue weighted by Crippen LogP contribution is -2.25. The number of nitrogens with zero attached hydrogens (tertiary/aromatic N) is 1. The van der Waals surface area contributed by atoms with Crippen LogP contribution < -0.4 is 4.74 Å². The molecule has 4 aromatic rings. The maximum atomic E-state index is 11.7. The van der Waals surface area contributed by atoms with Gasteiger partial charge in [0.2, 0.25) is 0 Å². The molecule has 0 atom stereocenters. The Bertz CT molecular complexity index is 1870. The van der Waals surface area contributed by atoms with Gasteiger partial charge in [-0.25, -0.2) is 4.79 Å². The van der Waals surface area contributed by atoms with E-state index < -0.39 is 0 Å². The monoisotopic (exact) mass is 751 g/mol. The third kappa shape index (κ3) is 11.5. The molecule has 0 aromatic heterocycles. The molecule has 0 radical (unpaired) electrons. The first kappa shape index (κ1) is 42.5. The number of carbonyl (C=O) groups is 1. The van der Waals surface area contributed by atoms with Crippen molar-refractivity contribution in [1.82, 2.24) is 0 Å². The average Bonchev–Trinajstić information content (AvgIpc) is 3.49. The number of benzene rings is 4. The summed E-state index contributed by atoms with van der Waals surface area (Å²) < 4.78 is 11.7. The number of fused-ring (bicyclic) bond motifs is 3. The second-order valence-corrected chi connectivity index (χ2v) is 16.0. The Morgan fingerprint density at radius 1 is 0.589 bits per heavy atom. The largest absolute Gasteiger partial charge is 0.494 e. The van der Waals surface area contributed by atoms with Crippen LogP contribution in [-0.2, 0) is 14.9 Å². The van der Waals surface area contributed by atoms with Crippen LogP contribution in [0.2, 0.25) is 0 Å². The zero-order chi connectivity index (χ0) is 39.6. The Balaban J connectivity index is 1.39. The molecule has 296 valence electrons. The average molecular weight is 752 g/mol. The topological polar surface area (TPSA) is 59.3 Å². The molecular formula is C52H65NO3. The van der Waals surface area contributed by atoms with Crippen LogP contribution in [0.3, 0.4) is 0 Å². The molecule has 0 heterocycles. The molecule has 56 heavy (non-hydrogen) atoms. The molecule has 1 aliphatic carbocycles. The highest BCUT2D eigenvalue weighted by Gasteiger charge is 2.42. The lowest BCUT2D eigenvalue weighted by molar-refractivity contribution is -0.139. The predicted molar refractivity (Wildman–Crippen MR) is 234 cm³/mol. The van der Waals surface area contributed by atoms with E-state index in [2.05, 4.69) is 87.2 Å². The van der Waals surface area contributed by atoms with Crippen LogP contribution in [0.25, 0.3) is 33.4 Å². The van der Waals surface area contributed by atoms with E-state index in [9.17, 15) is 10.1 Å². The molecule has 0 amide bonds. The first-order valence-corrected chi connectivity index (χ1v) is 21.8. The van der Waals surface area contributed by atoms with Crippen molar-refractivity contribution in [3.05, 3.63) is 114 Å². The number of carbonyl (C=O) groups excluding carboxylic acids is 1. The molecule has 0 saturated heterocycles. The summed E-state index contributed by atoms with van der Waals surface area (Å²) in [4.78, 5) is 11.7. The maximum Gasteiger partial charge on any atom is 0.333 e. The van der Waals surface area contributed by atoms with Crippen LogP contribution >= 0.6 is 0 Å². The van der Waals surface area contributed by atoms with Crippen molar-refractivity contribution < 1.29 is 14.3 Å². The van der Waals surface area contributed by atoms with E-state index in [4.69, 9.17) is 9.47 Å². The van der Waals surface area contributed by atoms with Crippen LogP contribution in [0.15, 0.2) is 97.1 Å². The summed E-state index contributed by atoms with van der Waals surface area (Å²) in [7, 11) is 0.